The van der Waals surface area contributed by atoms with E-state index in [0.717, 1.165) is 11.1 Å². The molecule has 2 heterocycles. The monoisotopic (exact) mass is 353 g/mol. The van der Waals surface area contributed by atoms with Crippen LogP contribution in [0.4, 0.5) is 0 Å². The van der Waals surface area contributed by atoms with Crippen molar-refractivity contribution in [1.82, 2.24) is 4.90 Å². The van der Waals surface area contributed by atoms with Gasteiger partial charge < -0.3 is 9.64 Å². The molecule has 2 aliphatic heterocycles. The summed E-state index contributed by atoms with van der Waals surface area (Å²) in [6.07, 6.45) is 0.0575. The Morgan fingerprint density at radius 2 is 1.64 bits per heavy atom. The molecule has 2 fully saturated rings. The van der Waals surface area contributed by atoms with E-state index in [4.69, 9.17) is 4.74 Å². The molecule has 0 radical (unpaired) electrons. The SMILES string of the molecule is CC1S[C@@H]2CC(=O)N2[C@H]1C(=O)OC(c1ccccc1)c1ccccc1. The number of nitrogens with zero attached hydrogens (tertiary/aromatic N) is 1. The molecule has 0 aromatic heterocycles. The van der Waals surface area contributed by atoms with Crippen LogP contribution in [0.1, 0.15) is 30.6 Å². The summed E-state index contributed by atoms with van der Waals surface area (Å²) in [5, 5.41) is 0.183. The van der Waals surface area contributed by atoms with E-state index < -0.39 is 12.1 Å². The van der Waals surface area contributed by atoms with Crippen molar-refractivity contribution >= 4 is 23.6 Å². The molecule has 2 saturated heterocycles. The molecule has 3 atom stereocenters. The highest BCUT2D eigenvalue weighted by Crippen LogP contribution is 2.44. The Morgan fingerprint density at radius 3 is 2.16 bits per heavy atom. The summed E-state index contributed by atoms with van der Waals surface area (Å²) < 4.78 is 5.93. The van der Waals surface area contributed by atoms with E-state index in [-0.39, 0.29) is 22.5 Å². The van der Waals surface area contributed by atoms with Gasteiger partial charge in [-0.25, -0.2) is 4.79 Å². The van der Waals surface area contributed by atoms with Crippen molar-refractivity contribution in [3.05, 3.63) is 71.8 Å². The Morgan fingerprint density at radius 1 is 1.08 bits per heavy atom. The lowest BCUT2D eigenvalue weighted by atomic mass is 10.0. The second-order valence-corrected chi connectivity index (χ2v) is 7.94. The second-order valence-electron chi connectivity index (χ2n) is 6.38. The molecule has 2 aromatic rings. The van der Waals surface area contributed by atoms with Gasteiger partial charge in [0.25, 0.3) is 0 Å². The van der Waals surface area contributed by atoms with Crippen LogP contribution < -0.4 is 0 Å². The molecule has 5 heteroatoms. The molecule has 25 heavy (non-hydrogen) atoms. The zero-order chi connectivity index (χ0) is 17.4. The van der Waals surface area contributed by atoms with E-state index in [1.54, 1.807) is 16.7 Å². The molecule has 2 aliphatic rings. The summed E-state index contributed by atoms with van der Waals surface area (Å²) in [5.41, 5.74) is 1.85. The van der Waals surface area contributed by atoms with Crippen LogP contribution in [0, 0.1) is 0 Å². The first-order valence-corrected chi connectivity index (χ1v) is 9.36. The lowest BCUT2D eigenvalue weighted by Crippen LogP contribution is -2.55. The highest BCUT2D eigenvalue weighted by Gasteiger charge is 2.54. The Balaban J connectivity index is 1.61. The molecule has 0 bridgehead atoms. The average Bonchev–Trinajstić information content (AvgIpc) is 2.91. The molecule has 0 N–H and O–H groups in total. The number of fused-ring (bicyclic) bond motifs is 1. The van der Waals surface area contributed by atoms with E-state index in [2.05, 4.69) is 0 Å². The molecule has 4 rings (SSSR count). The minimum atomic E-state index is -0.494. The molecule has 0 spiro atoms. The number of β-lactam (4-membered cyclic amide) rings is 1. The molecule has 2 aromatic carbocycles. The first-order valence-electron chi connectivity index (χ1n) is 8.42. The Kier molecular flexibility index (Phi) is 4.25. The summed E-state index contributed by atoms with van der Waals surface area (Å²) in [7, 11) is 0. The number of hydrogen-bond acceptors (Lipinski definition) is 4. The van der Waals surface area contributed by atoms with Gasteiger partial charge in [-0.2, -0.15) is 0 Å². The van der Waals surface area contributed by atoms with Crippen molar-refractivity contribution in [2.24, 2.45) is 0 Å². The van der Waals surface area contributed by atoms with Gasteiger partial charge in [-0.1, -0.05) is 67.6 Å². The summed E-state index contributed by atoms with van der Waals surface area (Å²) >= 11 is 1.68. The second kappa shape index (κ2) is 6.56. The van der Waals surface area contributed by atoms with Crippen molar-refractivity contribution in [2.45, 2.75) is 36.1 Å². The van der Waals surface area contributed by atoms with Gasteiger partial charge in [-0.05, 0) is 11.1 Å². The van der Waals surface area contributed by atoms with Gasteiger partial charge in [-0.3, -0.25) is 4.79 Å². The third-order valence-corrected chi connectivity index (χ3v) is 6.14. The molecule has 4 nitrogen and oxygen atoms in total. The molecular formula is C20H19NO3S. The van der Waals surface area contributed by atoms with Crippen molar-refractivity contribution < 1.29 is 14.3 Å². The molecular weight excluding hydrogens is 334 g/mol. The summed E-state index contributed by atoms with van der Waals surface area (Å²) in [4.78, 5) is 26.5. The Hall–Kier alpha value is -2.27. The Bertz CT molecular complexity index is 741. The Labute approximate surface area is 151 Å². The van der Waals surface area contributed by atoms with E-state index in [0.29, 0.717) is 6.42 Å². The van der Waals surface area contributed by atoms with Gasteiger partial charge in [0.15, 0.2) is 6.10 Å². The van der Waals surface area contributed by atoms with Crippen molar-refractivity contribution in [2.75, 3.05) is 0 Å². The zero-order valence-corrected chi connectivity index (χ0v) is 14.7. The van der Waals surface area contributed by atoms with E-state index in [1.165, 1.54) is 0 Å². The fourth-order valence-corrected chi connectivity index (χ4v) is 4.98. The fraction of sp³-hybridized carbons (Fsp3) is 0.300. The van der Waals surface area contributed by atoms with Crippen LogP contribution in [0.3, 0.4) is 0 Å². The number of esters is 1. The minimum Gasteiger partial charge on any atom is -0.451 e. The summed E-state index contributed by atoms with van der Waals surface area (Å²) in [5.74, 6) is -0.284. The van der Waals surface area contributed by atoms with Gasteiger partial charge in [0.1, 0.15) is 6.04 Å². The molecule has 1 amide bonds. The number of hydrogen-bond donors (Lipinski definition) is 0. The topological polar surface area (TPSA) is 46.6 Å². The van der Waals surface area contributed by atoms with Gasteiger partial charge in [0, 0.05) is 5.25 Å². The highest BCUT2D eigenvalue weighted by molar-refractivity contribution is 8.00. The first-order chi connectivity index (χ1) is 12.1. The number of carbonyl (C=O) groups excluding carboxylic acids is 2. The number of thioether (sulfide) groups is 1. The van der Waals surface area contributed by atoms with Crippen LogP contribution in [0.2, 0.25) is 0 Å². The van der Waals surface area contributed by atoms with Crippen LogP contribution in [0.25, 0.3) is 0 Å². The van der Waals surface area contributed by atoms with E-state index in [9.17, 15) is 9.59 Å². The molecule has 0 saturated carbocycles. The van der Waals surface area contributed by atoms with E-state index >= 15 is 0 Å². The van der Waals surface area contributed by atoms with Crippen LogP contribution in [-0.2, 0) is 14.3 Å². The van der Waals surface area contributed by atoms with Crippen LogP contribution in [0.15, 0.2) is 60.7 Å². The lowest BCUT2D eigenvalue weighted by Gasteiger charge is -2.37. The largest absolute Gasteiger partial charge is 0.451 e. The number of benzene rings is 2. The predicted octanol–water partition coefficient (Wildman–Crippen LogP) is 3.38. The molecule has 0 aliphatic carbocycles. The van der Waals surface area contributed by atoms with Gasteiger partial charge in [0.2, 0.25) is 5.91 Å². The van der Waals surface area contributed by atoms with Crippen LogP contribution in [-0.4, -0.2) is 33.4 Å². The molecule has 1 unspecified atom stereocenters. The maximum absolute atomic E-state index is 12.9. The smallest absolute Gasteiger partial charge is 0.331 e. The van der Waals surface area contributed by atoms with Crippen LogP contribution >= 0.6 is 11.8 Å². The van der Waals surface area contributed by atoms with Gasteiger partial charge in [0.05, 0.1) is 11.8 Å². The van der Waals surface area contributed by atoms with Crippen molar-refractivity contribution in [3.63, 3.8) is 0 Å². The standard InChI is InChI=1S/C20H19NO3S/c1-13-18(21-16(22)12-17(21)25-13)20(23)24-19(14-8-4-2-5-9-14)15-10-6-3-7-11-15/h2-11,13,17-19H,12H2,1H3/t13?,17-,18-/m1/s1. The lowest BCUT2D eigenvalue weighted by molar-refractivity contribution is -0.162. The van der Waals surface area contributed by atoms with Gasteiger partial charge in [-0.15, -0.1) is 11.8 Å². The quantitative estimate of drug-likeness (QED) is 0.624. The number of carbonyl (C=O) groups is 2. The maximum Gasteiger partial charge on any atom is 0.331 e. The van der Waals surface area contributed by atoms with Gasteiger partial charge >= 0.3 is 5.97 Å². The fourth-order valence-electron chi connectivity index (χ4n) is 3.47. The van der Waals surface area contributed by atoms with Crippen LogP contribution in [0.5, 0.6) is 0 Å². The third-order valence-electron chi connectivity index (χ3n) is 4.74. The highest BCUT2D eigenvalue weighted by atomic mass is 32.2. The number of rotatable bonds is 4. The minimum absolute atomic E-state index is 0.0415. The average molecular weight is 353 g/mol. The maximum atomic E-state index is 12.9. The van der Waals surface area contributed by atoms with E-state index in [1.807, 2.05) is 67.6 Å². The third kappa shape index (κ3) is 2.93. The number of amides is 1. The summed E-state index contributed by atoms with van der Waals surface area (Å²) in [6, 6.07) is 18.9. The van der Waals surface area contributed by atoms with Crippen molar-refractivity contribution in [3.8, 4) is 0 Å². The first kappa shape index (κ1) is 16.2. The van der Waals surface area contributed by atoms with Crippen molar-refractivity contribution in [1.29, 1.82) is 0 Å². The normalized spacial score (nSPS) is 24.8. The predicted molar refractivity (Wildman–Crippen MR) is 96.9 cm³/mol. The summed E-state index contributed by atoms with van der Waals surface area (Å²) in [6.45, 7) is 1.99. The molecule has 128 valence electrons. The zero-order valence-electron chi connectivity index (χ0n) is 13.9. The number of ether oxygens (including phenoxy) is 1.